The number of benzene rings is 2. The molecule has 0 amide bonds. The van der Waals surface area contributed by atoms with E-state index in [0.29, 0.717) is 17.3 Å². The molecule has 164 valence electrons. The van der Waals surface area contributed by atoms with Gasteiger partial charge in [-0.3, -0.25) is 5.41 Å². The van der Waals surface area contributed by atoms with Crippen LogP contribution < -0.4 is 5.73 Å². The van der Waals surface area contributed by atoms with Gasteiger partial charge in [0, 0.05) is 23.7 Å². The Hall–Kier alpha value is -2.75. The molecular formula is C22H26N4O3S2. The summed E-state index contributed by atoms with van der Waals surface area (Å²) in [5.74, 6) is -0.226. The van der Waals surface area contributed by atoms with E-state index in [-0.39, 0.29) is 35.1 Å². The molecule has 0 aliphatic heterocycles. The van der Waals surface area contributed by atoms with Crippen LogP contribution in [0.5, 0.6) is 5.75 Å². The van der Waals surface area contributed by atoms with Gasteiger partial charge in [0.1, 0.15) is 21.5 Å². The maximum absolute atomic E-state index is 13.5. The van der Waals surface area contributed by atoms with Crippen molar-refractivity contribution in [3.8, 4) is 5.75 Å². The number of aromatic hydroxyl groups is 1. The van der Waals surface area contributed by atoms with Crippen molar-refractivity contribution in [2.24, 2.45) is 5.73 Å². The van der Waals surface area contributed by atoms with E-state index in [1.165, 1.54) is 39.4 Å². The van der Waals surface area contributed by atoms with Gasteiger partial charge in [0.05, 0.1) is 6.54 Å². The molecule has 0 saturated carbocycles. The first-order chi connectivity index (χ1) is 14.7. The lowest BCUT2D eigenvalue weighted by Gasteiger charge is -2.22. The van der Waals surface area contributed by atoms with Crippen LogP contribution in [0.4, 0.5) is 0 Å². The molecule has 3 rings (SSSR count). The second kappa shape index (κ2) is 9.59. The average Bonchev–Trinajstić information content (AvgIpc) is 3.24. The Morgan fingerprint density at radius 3 is 2.52 bits per heavy atom. The number of aromatic nitrogens is 1. The van der Waals surface area contributed by atoms with Gasteiger partial charge in [0.25, 0.3) is 0 Å². The molecular weight excluding hydrogens is 432 g/mol. The van der Waals surface area contributed by atoms with Crippen molar-refractivity contribution in [1.29, 1.82) is 5.41 Å². The number of phenolic OH excluding ortho intramolecular Hbond substituents is 1. The number of nitrogens with one attached hydrogen (secondary N) is 1. The lowest BCUT2D eigenvalue weighted by Crippen LogP contribution is -2.33. The molecule has 0 spiro atoms. The maximum Gasteiger partial charge on any atom is 0.247 e. The Labute approximate surface area is 186 Å². The molecule has 2 aromatic carbocycles. The van der Waals surface area contributed by atoms with E-state index in [0.717, 1.165) is 5.56 Å². The van der Waals surface area contributed by atoms with Crippen molar-refractivity contribution < 1.29 is 13.5 Å². The van der Waals surface area contributed by atoms with Gasteiger partial charge in [-0.1, -0.05) is 38.1 Å². The minimum Gasteiger partial charge on any atom is -0.507 e. The number of hydrogen-bond donors (Lipinski definition) is 3. The second-order valence-corrected chi connectivity index (χ2v) is 10.4. The molecule has 0 atom stereocenters. The second-order valence-electron chi connectivity index (χ2n) is 7.51. The highest BCUT2D eigenvalue weighted by atomic mass is 32.2. The number of hydrogen-bond acceptors (Lipinski definition) is 6. The molecule has 1 aromatic heterocycles. The summed E-state index contributed by atoms with van der Waals surface area (Å²) in [5, 5.41) is 20.3. The quantitative estimate of drug-likeness (QED) is 0.334. The molecule has 0 radical (unpaired) electrons. The number of sulfonamides is 1. The molecule has 4 N–H and O–H groups in total. The van der Waals surface area contributed by atoms with Crippen LogP contribution >= 0.6 is 11.3 Å². The summed E-state index contributed by atoms with van der Waals surface area (Å²) >= 11 is 1.37. The van der Waals surface area contributed by atoms with Crippen LogP contribution in [0.25, 0.3) is 0 Å². The molecule has 0 fully saturated rings. The molecule has 0 bridgehead atoms. The number of amidine groups is 1. The Bertz CT molecular complexity index is 1140. The standard InChI is InChI=1S/C22H26N4O3S2/c1-15(2)17-5-3-16(4-6-17)9-11-26(14-21-25-10-12-30-21)31(28,29)20-13-18(22(23)24)7-8-19(20)27/h3-8,10,12-13,15,27H,9,11,14H2,1-2H3,(H3,23,24). The zero-order valence-corrected chi connectivity index (χ0v) is 19.1. The number of nitrogen functional groups attached to an aromatic ring is 1. The smallest absolute Gasteiger partial charge is 0.247 e. The molecule has 0 aliphatic carbocycles. The monoisotopic (exact) mass is 458 g/mol. The zero-order chi connectivity index (χ0) is 22.6. The van der Waals surface area contributed by atoms with Crippen LogP contribution in [0.3, 0.4) is 0 Å². The van der Waals surface area contributed by atoms with Crippen molar-refractivity contribution in [3.05, 3.63) is 75.7 Å². The predicted molar refractivity (Wildman–Crippen MR) is 123 cm³/mol. The maximum atomic E-state index is 13.5. The normalized spacial score (nSPS) is 11.9. The predicted octanol–water partition coefficient (Wildman–Crippen LogP) is 3.69. The summed E-state index contributed by atoms with van der Waals surface area (Å²) in [6, 6.07) is 12.0. The summed E-state index contributed by atoms with van der Waals surface area (Å²) < 4.78 is 28.2. The number of nitrogens with two attached hydrogens (primary N) is 1. The third-order valence-electron chi connectivity index (χ3n) is 4.98. The number of phenols is 1. The summed E-state index contributed by atoms with van der Waals surface area (Å²) in [6.45, 7) is 4.55. The van der Waals surface area contributed by atoms with Gasteiger partial charge in [-0.2, -0.15) is 4.31 Å². The highest BCUT2D eigenvalue weighted by Gasteiger charge is 2.28. The van der Waals surface area contributed by atoms with Crippen molar-refractivity contribution in [2.45, 2.75) is 37.6 Å². The Kier molecular flexibility index (Phi) is 7.09. The molecule has 1 heterocycles. The lowest BCUT2D eigenvalue weighted by atomic mass is 10.0. The summed E-state index contributed by atoms with van der Waals surface area (Å²) in [5.41, 5.74) is 7.99. The molecule has 0 aliphatic rings. The minimum absolute atomic E-state index is 0.0911. The first-order valence-electron chi connectivity index (χ1n) is 9.83. The van der Waals surface area contributed by atoms with E-state index >= 15 is 0 Å². The van der Waals surface area contributed by atoms with E-state index < -0.39 is 10.0 Å². The van der Waals surface area contributed by atoms with Gasteiger partial charge < -0.3 is 10.8 Å². The summed E-state index contributed by atoms with van der Waals surface area (Å²) in [6.07, 6.45) is 2.14. The highest BCUT2D eigenvalue weighted by Crippen LogP contribution is 2.28. The number of thiazole rings is 1. The van der Waals surface area contributed by atoms with Gasteiger partial charge in [-0.05, 0) is 41.7 Å². The van der Waals surface area contributed by atoms with Crippen LogP contribution in [0.1, 0.15) is 41.5 Å². The van der Waals surface area contributed by atoms with Crippen molar-refractivity contribution in [3.63, 3.8) is 0 Å². The number of rotatable bonds is 9. The Morgan fingerprint density at radius 1 is 1.23 bits per heavy atom. The van der Waals surface area contributed by atoms with Crippen LogP contribution in [0, 0.1) is 5.41 Å². The largest absolute Gasteiger partial charge is 0.507 e. The molecule has 3 aromatic rings. The number of nitrogens with zero attached hydrogens (tertiary/aromatic N) is 2. The van der Waals surface area contributed by atoms with Gasteiger partial charge >= 0.3 is 0 Å². The third-order valence-corrected chi connectivity index (χ3v) is 7.62. The summed E-state index contributed by atoms with van der Waals surface area (Å²) in [4.78, 5) is 3.94. The zero-order valence-electron chi connectivity index (χ0n) is 17.4. The van der Waals surface area contributed by atoms with Crippen LogP contribution in [0.15, 0.2) is 58.9 Å². The van der Waals surface area contributed by atoms with Gasteiger partial charge in [-0.15, -0.1) is 11.3 Å². The first-order valence-corrected chi connectivity index (χ1v) is 12.1. The fourth-order valence-electron chi connectivity index (χ4n) is 3.12. The average molecular weight is 459 g/mol. The summed E-state index contributed by atoms with van der Waals surface area (Å²) in [7, 11) is -4.06. The van der Waals surface area contributed by atoms with E-state index in [2.05, 4.69) is 31.0 Å². The van der Waals surface area contributed by atoms with Crippen molar-refractivity contribution in [2.75, 3.05) is 6.54 Å². The fraction of sp³-hybridized carbons (Fsp3) is 0.273. The van der Waals surface area contributed by atoms with Gasteiger partial charge in [0.15, 0.2) is 0 Å². The van der Waals surface area contributed by atoms with E-state index in [4.69, 9.17) is 11.1 Å². The van der Waals surface area contributed by atoms with E-state index in [9.17, 15) is 13.5 Å². The highest BCUT2D eigenvalue weighted by molar-refractivity contribution is 7.89. The third kappa shape index (κ3) is 5.49. The van der Waals surface area contributed by atoms with E-state index in [1.807, 2.05) is 12.1 Å². The van der Waals surface area contributed by atoms with Crippen LogP contribution in [-0.4, -0.2) is 35.2 Å². The van der Waals surface area contributed by atoms with Crippen LogP contribution in [0.2, 0.25) is 0 Å². The molecule has 31 heavy (non-hydrogen) atoms. The van der Waals surface area contributed by atoms with Crippen LogP contribution in [-0.2, 0) is 23.0 Å². The van der Waals surface area contributed by atoms with Crippen molar-refractivity contribution >= 4 is 27.2 Å². The Balaban J connectivity index is 1.91. The molecule has 0 unspecified atom stereocenters. The Morgan fingerprint density at radius 2 is 1.94 bits per heavy atom. The molecule has 0 saturated heterocycles. The lowest BCUT2D eigenvalue weighted by molar-refractivity contribution is 0.401. The minimum atomic E-state index is -4.06. The SMILES string of the molecule is CC(C)c1ccc(CCN(Cc2nccs2)S(=O)(=O)c2cc(C(=N)N)ccc2O)cc1. The molecule has 7 nitrogen and oxygen atoms in total. The van der Waals surface area contributed by atoms with E-state index in [1.54, 1.807) is 11.6 Å². The molecule has 9 heteroatoms. The first kappa shape index (κ1) is 22.9. The topological polar surface area (TPSA) is 120 Å². The fourth-order valence-corrected chi connectivity index (χ4v) is 5.34. The van der Waals surface area contributed by atoms with Gasteiger partial charge in [-0.25, -0.2) is 13.4 Å². The van der Waals surface area contributed by atoms with Crippen molar-refractivity contribution in [1.82, 2.24) is 9.29 Å². The van der Waals surface area contributed by atoms with Gasteiger partial charge in [0.2, 0.25) is 10.0 Å².